The minimum absolute atomic E-state index is 0.0443. The lowest BCUT2D eigenvalue weighted by Gasteiger charge is -2.40. The Labute approximate surface area is 183 Å². The summed E-state index contributed by atoms with van der Waals surface area (Å²) in [6, 6.07) is 17.1. The van der Waals surface area contributed by atoms with Crippen LogP contribution >= 0.6 is 0 Å². The number of likely N-dealkylation sites (N-methyl/N-ethyl adjacent to an activating group) is 1. The van der Waals surface area contributed by atoms with Gasteiger partial charge in [-0.15, -0.1) is 0 Å². The molecule has 1 N–H and O–H groups in total. The first-order valence-electron chi connectivity index (χ1n) is 10.6. The first kappa shape index (κ1) is 20.6. The summed E-state index contributed by atoms with van der Waals surface area (Å²) >= 11 is 0. The zero-order chi connectivity index (χ0) is 22.2. The smallest absolute Gasteiger partial charge is 0.408 e. The summed E-state index contributed by atoms with van der Waals surface area (Å²) in [5.74, 6) is -1.03. The Morgan fingerprint density at radius 2 is 1.75 bits per heavy atom. The van der Waals surface area contributed by atoms with Gasteiger partial charge in [0.1, 0.15) is 11.6 Å². The molecule has 0 aliphatic carbocycles. The highest BCUT2D eigenvalue weighted by atomic mass is 19.1. The van der Waals surface area contributed by atoms with Crippen LogP contribution in [0, 0.1) is 11.6 Å². The second-order valence-corrected chi connectivity index (χ2v) is 8.33. The van der Waals surface area contributed by atoms with Crippen molar-refractivity contribution in [2.24, 2.45) is 0 Å². The van der Waals surface area contributed by atoms with Crippen LogP contribution in [-0.2, 0) is 6.54 Å². The average molecular weight is 435 g/mol. The number of nitrogens with zero attached hydrogens (tertiary/aromatic N) is 2. The third kappa shape index (κ3) is 4.09. The number of rotatable bonds is 4. The predicted octanol–water partition coefficient (Wildman–Crippen LogP) is 4.56. The van der Waals surface area contributed by atoms with Crippen molar-refractivity contribution in [3.63, 3.8) is 0 Å². The second-order valence-electron chi connectivity index (χ2n) is 8.33. The van der Waals surface area contributed by atoms with E-state index in [2.05, 4.69) is 21.8 Å². The molecule has 5 nitrogen and oxygen atoms in total. The first-order valence-corrected chi connectivity index (χ1v) is 10.6. The number of H-pyrrole nitrogens is 1. The van der Waals surface area contributed by atoms with Gasteiger partial charge in [-0.1, -0.05) is 24.3 Å². The standard InChI is InChI=1S/C25H23F2N3O2/c1-29-10-11-30(23(15-29)16-2-6-20(26)7-3-16)14-19-12-17(4-8-21(19)27)18-5-9-22-24(13-18)32-25(31)28-22/h2-9,12-13,23H,10-11,14-15H2,1H3,(H,28,31)/t23-/m1/s1. The van der Waals surface area contributed by atoms with Crippen molar-refractivity contribution in [1.29, 1.82) is 0 Å². The third-order valence-corrected chi connectivity index (χ3v) is 6.12. The van der Waals surface area contributed by atoms with Gasteiger partial charge in [-0.05, 0) is 60.1 Å². The lowest BCUT2D eigenvalue weighted by molar-refractivity contribution is 0.0824. The maximum absolute atomic E-state index is 14.8. The summed E-state index contributed by atoms with van der Waals surface area (Å²) in [7, 11) is 2.06. The van der Waals surface area contributed by atoms with E-state index in [-0.39, 0.29) is 17.7 Å². The van der Waals surface area contributed by atoms with E-state index in [9.17, 15) is 13.6 Å². The largest absolute Gasteiger partial charge is 0.417 e. The number of oxazole rings is 1. The van der Waals surface area contributed by atoms with Crippen LogP contribution in [-0.4, -0.2) is 41.5 Å². The van der Waals surface area contributed by atoms with E-state index in [4.69, 9.17) is 4.42 Å². The van der Waals surface area contributed by atoms with Gasteiger partial charge in [0.15, 0.2) is 5.58 Å². The number of aromatic nitrogens is 1. The van der Waals surface area contributed by atoms with Gasteiger partial charge in [0.05, 0.1) is 5.52 Å². The zero-order valence-electron chi connectivity index (χ0n) is 17.6. The van der Waals surface area contributed by atoms with E-state index in [1.165, 1.54) is 18.2 Å². The Balaban J connectivity index is 1.45. The number of hydrogen-bond donors (Lipinski definition) is 1. The van der Waals surface area contributed by atoms with Crippen molar-refractivity contribution in [2.75, 3.05) is 26.7 Å². The van der Waals surface area contributed by atoms with Gasteiger partial charge in [0, 0.05) is 37.8 Å². The van der Waals surface area contributed by atoms with Gasteiger partial charge in [-0.3, -0.25) is 9.88 Å². The van der Waals surface area contributed by atoms with E-state index in [0.29, 0.717) is 23.2 Å². The molecule has 2 heterocycles. The van der Waals surface area contributed by atoms with Crippen molar-refractivity contribution in [3.05, 3.63) is 94.0 Å². The molecule has 3 aromatic carbocycles. The molecule has 4 aromatic rings. The number of benzene rings is 3. The predicted molar refractivity (Wildman–Crippen MR) is 119 cm³/mol. The molecule has 32 heavy (non-hydrogen) atoms. The first-order chi connectivity index (χ1) is 15.5. The van der Waals surface area contributed by atoms with Crippen LogP contribution in [0.2, 0.25) is 0 Å². The van der Waals surface area contributed by atoms with Crippen LogP contribution in [0.15, 0.2) is 69.9 Å². The fourth-order valence-corrected chi connectivity index (χ4v) is 4.37. The molecule has 1 aromatic heterocycles. The highest BCUT2D eigenvalue weighted by molar-refractivity contribution is 5.80. The molecule has 1 saturated heterocycles. The van der Waals surface area contributed by atoms with E-state index < -0.39 is 5.76 Å². The molecule has 1 atom stereocenters. The fraction of sp³-hybridized carbons (Fsp3) is 0.240. The van der Waals surface area contributed by atoms with Crippen molar-refractivity contribution in [3.8, 4) is 11.1 Å². The molecule has 0 spiro atoms. The molecule has 1 aliphatic heterocycles. The van der Waals surface area contributed by atoms with Gasteiger partial charge in [-0.2, -0.15) is 0 Å². The Morgan fingerprint density at radius 3 is 2.56 bits per heavy atom. The van der Waals surface area contributed by atoms with Gasteiger partial charge < -0.3 is 9.32 Å². The van der Waals surface area contributed by atoms with Crippen molar-refractivity contribution in [1.82, 2.24) is 14.8 Å². The van der Waals surface area contributed by atoms with Crippen molar-refractivity contribution >= 4 is 11.1 Å². The normalized spacial score (nSPS) is 17.8. The number of piperazine rings is 1. The highest BCUT2D eigenvalue weighted by Crippen LogP contribution is 2.30. The van der Waals surface area contributed by atoms with Crippen molar-refractivity contribution in [2.45, 2.75) is 12.6 Å². The molecule has 0 saturated carbocycles. The number of hydrogen-bond acceptors (Lipinski definition) is 4. The molecule has 0 amide bonds. The number of halogens is 2. The maximum atomic E-state index is 14.8. The molecule has 1 aliphatic rings. The average Bonchev–Trinajstić information content (AvgIpc) is 3.16. The van der Waals surface area contributed by atoms with Gasteiger partial charge in [0.2, 0.25) is 0 Å². The van der Waals surface area contributed by atoms with Crippen LogP contribution < -0.4 is 5.76 Å². The minimum atomic E-state index is -0.501. The topological polar surface area (TPSA) is 52.5 Å². The fourth-order valence-electron chi connectivity index (χ4n) is 4.37. The van der Waals surface area contributed by atoms with E-state index >= 15 is 0 Å². The Morgan fingerprint density at radius 1 is 1.00 bits per heavy atom. The van der Waals surface area contributed by atoms with Crippen LogP contribution in [0.1, 0.15) is 17.2 Å². The summed E-state index contributed by atoms with van der Waals surface area (Å²) in [5.41, 5.74) is 4.39. The minimum Gasteiger partial charge on any atom is -0.408 e. The number of nitrogens with one attached hydrogen (secondary N) is 1. The Hall–Kier alpha value is -3.29. The van der Waals surface area contributed by atoms with Crippen molar-refractivity contribution < 1.29 is 13.2 Å². The highest BCUT2D eigenvalue weighted by Gasteiger charge is 2.27. The second kappa shape index (κ2) is 8.33. The van der Waals surface area contributed by atoms with Crippen LogP contribution in [0.25, 0.3) is 22.2 Å². The lowest BCUT2D eigenvalue weighted by Crippen LogP contribution is -2.46. The van der Waals surface area contributed by atoms with E-state index in [1.807, 2.05) is 12.1 Å². The maximum Gasteiger partial charge on any atom is 0.417 e. The summed E-state index contributed by atoms with van der Waals surface area (Å²) in [4.78, 5) is 18.5. The Bertz CT molecular complexity index is 1310. The van der Waals surface area contributed by atoms with Crippen LogP contribution in [0.3, 0.4) is 0 Å². The lowest BCUT2D eigenvalue weighted by atomic mass is 9.99. The summed E-state index contributed by atoms with van der Waals surface area (Å²) in [5, 5.41) is 0. The molecule has 5 rings (SSSR count). The monoisotopic (exact) mass is 435 g/mol. The number of fused-ring (bicyclic) bond motifs is 1. The van der Waals surface area contributed by atoms with Crippen LogP contribution in [0.4, 0.5) is 8.78 Å². The van der Waals surface area contributed by atoms with Gasteiger partial charge in [-0.25, -0.2) is 13.6 Å². The third-order valence-electron chi connectivity index (χ3n) is 6.12. The molecular weight excluding hydrogens is 412 g/mol. The summed E-state index contributed by atoms with van der Waals surface area (Å²) < 4.78 is 33.4. The number of aromatic amines is 1. The quantitative estimate of drug-likeness (QED) is 0.511. The molecule has 0 bridgehead atoms. The molecule has 7 heteroatoms. The SMILES string of the molecule is CN1CCN(Cc2cc(-c3ccc4[nH]c(=O)oc4c3)ccc2F)[C@@H](c2ccc(F)cc2)C1. The summed E-state index contributed by atoms with van der Waals surface area (Å²) in [6.45, 7) is 2.89. The molecular formula is C25H23F2N3O2. The molecule has 0 unspecified atom stereocenters. The molecule has 0 radical (unpaired) electrons. The zero-order valence-corrected chi connectivity index (χ0v) is 17.6. The van der Waals surface area contributed by atoms with E-state index in [1.54, 1.807) is 30.3 Å². The van der Waals surface area contributed by atoms with Gasteiger partial charge in [0.25, 0.3) is 0 Å². The van der Waals surface area contributed by atoms with E-state index in [0.717, 1.165) is 36.3 Å². The van der Waals surface area contributed by atoms with Gasteiger partial charge >= 0.3 is 5.76 Å². The summed E-state index contributed by atoms with van der Waals surface area (Å²) in [6.07, 6.45) is 0. The molecule has 1 fully saturated rings. The van der Waals surface area contributed by atoms with Crippen LogP contribution in [0.5, 0.6) is 0 Å². The Kier molecular flexibility index (Phi) is 5.36. The molecule has 164 valence electrons.